The predicted molar refractivity (Wildman–Crippen MR) is 231 cm³/mol. The summed E-state index contributed by atoms with van der Waals surface area (Å²) in [6.45, 7) is 5.33. The third kappa shape index (κ3) is 43.4. The third-order valence-electron chi connectivity index (χ3n) is 9.35. The highest BCUT2D eigenvalue weighted by molar-refractivity contribution is 7.45. The van der Waals surface area contributed by atoms with Crippen LogP contribution in [0.25, 0.3) is 0 Å². The average Bonchev–Trinajstić information content (AvgIpc) is 3.13. The summed E-state index contributed by atoms with van der Waals surface area (Å²) < 4.78 is 34.6. The summed E-state index contributed by atoms with van der Waals surface area (Å²) in [5, 5.41) is 0. The van der Waals surface area contributed by atoms with Crippen molar-refractivity contribution in [3.63, 3.8) is 0 Å². The normalized spacial score (nSPS) is 14.2. The Kier molecular flexibility index (Phi) is 38.2. The second-order valence-corrected chi connectivity index (χ2v) is 17.5. The average molecular weight is 796 g/mol. The topological polar surface area (TPSA) is 94.1 Å². The zero-order valence-corrected chi connectivity index (χ0v) is 37.3. The van der Waals surface area contributed by atoms with Gasteiger partial charge in [-0.2, -0.15) is 0 Å². The molecule has 2 unspecified atom stereocenters. The molecule has 0 saturated carbocycles. The maximum absolute atomic E-state index is 12.7. The Morgan fingerprint density at radius 2 is 1.00 bits per heavy atom. The van der Waals surface area contributed by atoms with Crippen LogP contribution in [-0.4, -0.2) is 70.7 Å². The van der Waals surface area contributed by atoms with Crippen molar-refractivity contribution in [3.05, 3.63) is 48.6 Å². The van der Waals surface area contributed by atoms with Gasteiger partial charge in [0.2, 0.25) is 0 Å². The lowest BCUT2D eigenvalue weighted by molar-refractivity contribution is -0.870. The molecule has 0 aliphatic heterocycles. The summed E-state index contributed by atoms with van der Waals surface area (Å²) in [4.78, 5) is 25.0. The second-order valence-electron chi connectivity index (χ2n) is 16.0. The maximum atomic E-state index is 12.7. The van der Waals surface area contributed by atoms with Crippen molar-refractivity contribution in [2.75, 3.05) is 54.1 Å². The van der Waals surface area contributed by atoms with Gasteiger partial charge in [0.25, 0.3) is 7.82 Å². The van der Waals surface area contributed by atoms with Crippen LogP contribution in [-0.2, 0) is 27.9 Å². The smallest absolute Gasteiger partial charge is 0.306 e. The van der Waals surface area contributed by atoms with E-state index in [-0.39, 0.29) is 25.8 Å². The van der Waals surface area contributed by atoms with Crippen molar-refractivity contribution in [2.24, 2.45) is 0 Å². The fourth-order valence-corrected chi connectivity index (χ4v) is 6.57. The fraction of sp³-hybridized carbons (Fsp3) is 0.804. The number of phosphoric ester groups is 1. The Hall–Kier alpha value is -1.54. The van der Waals surface area contributed by atoms with Gasteiger partial charge in [0.1, 0.15) is 19.3 Å². The first kappa shape index (κ1) is 53.5. The molecule has 8 nitrogen and oxygen atoms in total. The first-order valence-corrected chi connectivity index (χ1v) is 23.8. The van der Waals surface area contributed by atoms with E-state index in [0.29, 0.717) is 24.1 Å². The summed E-state index contributed by atoms with van der Waals surface area (Å²) in [7, 11) is 1.33. The minimum Gasteiger partial charge on any atom is -0.756 e. The Bertz CT molecular complexity index is 1020. The number of quaternary nitrogens is 1. The van der Waals surface area contributed by atoms with Crippen molar-refractivity contribution in [1.29, 1.82) is 0 Å². The number of allylic oxidation sites excluding steroid dienone is 8. The van der Waals surface area contributed by atoms with E-state index >= 15 is 0 Å². The molecular weight excluding hydrogens is 709 g/mol. The molecule has 0 aromatic carbocycles. The molecule has 55 heavy (non-hydrogen) atoms. The second kappa shape index (κ2) is 39.3. The van der Waals surface area contributed by atoms with Gasteiger partial charge in [0, 0.05) is 13.0 Å². The van der Waals surface area contributed by atoms with Crippen molar-refractivity contribution in [2.45, 2.75) is 187 Å². The zero-order chi connectivity index (χ0) is 40.6. The van der Waals surface area contributed by atoms with E-state index < -0.39 is 13.9 Å². The van der Waals surface area contributed by atoms with Gasteiger partial charge in [0.15, 0.2) is 0 Å². The van der Waals surface area contributed by atoms with E-state index in [1.165, 1.54) is 83.5 Å². The first-order valence-electron chi connectivity index (χ1n) is 22.4. The molecule has 0 aliphatic rings. The summed E-state index contributed by atoms with van der Waals surface area (Å²) in [5.41, 5.74) is 0. The number of ether oxygens (including phenoxy) is 2. The van der Waals surface area contributed by atoms with Crippen LogP contribution >= 0.6 is 7.82 Å². The van der Waals surface area contributed by atoms with E-state index in [9.17, 15) is 14.3 Å². The molecule has 0 saturated heterocycles. The minimum absolute atomic E-state index is 0.0196. The molecule has 0 aliphatic carbocycles. The Balaban J connectivity index is 4.28. The molecule has 0 bridgehead atoms. The molecule has 9 heteroatoms. The molecule has 2 atom stereocenters. The van der Waals surface area contributed by atoms with E-state index in [4.69, 9.17) is 18.5 Å². The molecule has 0 spiro atoms. The van der Waals surface area contributed by atoms with Gasteiger partial charge in [-0.15, -0.1) is 0 Å². The largest absolute Gasteiger partial charge is 0.756 e. The lowest BCUT2D eigenvalue weighted by Crippen LogP contribution is -2.37. The van der Waals surface area contributed by atoms with Crippen molar-refractivity contribution in [1.82, 2.24) is 0 Å². The van der Waals surface area contributed by atoms with Gasteiger partial charge in [0.05, 0.1) is 34.4 Å². The van der Waals surface area contributed by atoms with Gasteiger partial charge in [-0.05, 0) is 77.0 Å². The number of hydrogen-bond donors (Lipinski definition) is 0. The van der Waals surface area contributed by atoms with Crippen LogP contribution in [0.15, 0.2) is 48.6 Å². The first-order chi connectivity index (χ1) is 26.6. The summed E-state index contributed by atoms with van der Waals surface area (Å²) in [6.07, 6.45) is 46.9. The number of likely N-dealkylation sites (N-methyl/N-ethyl adjacent to an activating group) is 1. The van der Waals surface area contributed by atoms with Gasteiger partial charge < -0.3 is 27.9 Å². The summed E-state index contributed by atoms with van der Waals surface area (Å²) in [5.74, 6) is -0.352. The molecule has 0 N–H and O–H groups in total. The molecule has 322 valence electrons. The van der Waals surface area contributed by atoms with Gasteiger partial charge in [-0.25, -0.2) is 0 Å². The van der Waals surface area contributed by atoms with Gasteiger partial charge >= 0.3 is 5.97 Å². The van der Waals surface area contributed by atoms with Crippen LogP contribution in [0.1, 0.15) is 181 Å². The van der Waals surface area contributed by atoms with E-state index in [2.05, 4.69) is 62.5 Å². The Labute approximate surface area is 339 Å². The number of carbonyl (C=O) groups is 1. The number of unbranched alkanes of at least 4 members (excludes halogenated alkanes) is 19. The Morgan fingerprint density at radius 1 is 0.564 bits per heavy atom. The van der Waals surface area contributed by atoms with Crippen LogP contribution in [0, 0.1) is 0 Å². The molecular formula is C46H86NO7P. The number of nitrogens with zero attached hydrogens (tertiary/aromatic N) is 1. The molecule has 0 amide bonds. The van der Waals surface area contributed by atoms with Crippen molar-refractivity contribution in [3.8, 4) is 0 Å². The highest BCUT2D eigenvalue weighted by Gasteiger charge is 2.20. The van der Waals surface area contributed by atoms with Crippen molar-refractivity contribution < 1.29 is 37.3 Å². The monoisotopic (exact) mass is 796 g/mol. The van der Waals surface area contributed by atoms with E-state index in [1.807, 2.05) is 21.1 Å². The lowest BCUT2D eigenvalue weighted by Gasteiger charge is -2.28. The minimum atomic E-state index is -4.53. The van der Waals surface area contributed by atoms with Crippen LogP contribution in [0.5, 0.6) is 0 Å². The lowest BCUT2D eigenvalue weighted by atomic mass is 10.1. The summed E-state index contributed by atoms with van der Waals surface area (Å²) in [6, 6.07) is 0. The Morgan fingerprint density at radius 3 is 1.47 bits per heavy atom. The molecule has 0 aromatic heterocycles. The van der Waals surface area contributed by atoms with Crippen LogP contribution in [0.3, 0.4) is 0 Å². The predicted octanol–water partition coefficient (Wildman–Crippen LogP) is 12.5. The van der Waals surface area contributed by atoms with Crippen molar-refractivity contribution >= 4 is 13.8 Å². The van der Waals surface area contributed by atoms with Crippen LogP contribution in [0.4, 0.5) is 0 Å². The highest BCUT2D eigenvalue weighted by Crippen LogP contribution is 2.38. The molecule has 0 fully saturated rings. The molecule has 0 rings (SSSR count). The van der Waals surface area contributed by atoms with E-state index in [0.717, 1.165) is 77.0 Å². The van der Waals surface area contributed by atoms with Gasteiger partial charge in [-0.1, -0.05) is 146 Å². The SMILES string of the molecule is CCCCCC/C=C\C/C=C\CCCCCCCCOCC(COP(=O)([O-])OCC[N+](C)(C)C)OC(=O)CCCCCCC/C=C\C/C=C\CCCCCC. The number of rotatable bonds is 41. The van der Waals surface area contributed by atoms with E-state index in [1.54, 1.807) is 0 Å². The molecule has 0 aromatic rings. The number of carbonyl (C=O) groups excluding carboxylic acids is 1. The quantitative estimate of drug-likeness (QED) is 0.0200. The number of hydrogen-bond acceptors (Lipinski definition) is 7. The zero-order valence-electron chi connectivity index (χ0n) is 36.4. The third-order valence-corrected chi connectivity index (χ3v) is 10.3. The number of esters is 1. The summed E-state index contributed by atoms with van der Waals surface area (Å²) >= 11 is 0. The fourth-order valence-electron chi connectivity index (χ4n) is 5.84. The number of phosphoric acid groups is 1. The highest BCUT2D eigenvalue weighted by atomic mass is 31.2. The van der Waals surface area contributed by atoms with Gasteiger partial charge in [-0.3, -0.25) is 9.36 Å². The molecule has 0 radical (unpaired) electrons. The molecule has 0 heterocycles. The standard InChI is InChI=1S/C46H86NO7P/c1-6-8-10-12-14-16-18-20-22-24-26-28-30-32-34-36-38-41-51-43-45(44-53-55(49,50)52-42-40-47(3,4)5)54-46(48)39-37-35-33-31-29-27-25-23-21-19-17-15-13-11-9-7-2/h16-19,22-25,45H,6-15,20-21,26-44H2,1-5H3/b18-16-,19-17-,24-22-,25-23-. The van der Waals surface area contributed by atoms with Crippen LogP contribution < -0.4 is 4.89 Å². The maximum Gasteiger partial charge on any atom is 0.306 e. The van der Waals surface area contributed by atoms with Crippen LogP contribution in [0.2, 0.25) is 0 Å².